The van der Waals surface area contributed by atoms with Crippen LogP contribution in [0.4, 0.5) is 5.13 Å². The molecule has 0 radical (unpaired) electrons. The first-order valence-corrected chi connectivity index (χ1v) is 11.5. The lowest BCUT2D eigenvalue weighted by molar-refractivity contribution is -0.132. The van der Waals surface area contributed by atoms with Crippen LogP contribution in [0.1, 0.15) is 22.0 Å². The Morgan fingerprint density at radius 2 is 1.90 bits per heavy atom. The normalized spacial score (nSPS) is 18.3. The summed E-state index contributed by atoms with van der Waals surface area (Å²) in [7, 11) is 0. The van der Waals surface area contributed by atoms with Crippen LogP contribution in [0.2, 0.25) is 5.02 Å². The summed E-state index contributed by atoms with van der Waals surface area (Å²) in [5, 5.41) is 13.9. The van der Waals surface area contributed by atoms with Gasteiger partial charge in [-0.3, -0.25) is 14.5 Å². The Labute approximate surface area is 190 Å². The van der Waals surface area contributed by atoms with Crippen molar-refractivity contribution in [1.82, 2.24) is 4.98 Å². The average Bonchev–Trinajstić information content (AvgIpc) is 3.47. The molecule has 154 valence electrons. The van der Waals surface area contributed by atoms with Gasteiger partial charge in [0, 0.05) is 15.5 Å². The van der Waals surface area contributed by atoms with Crippen molar-refractivity contribution in [1.29, 1.82) is 0 Å². The SMILES string of the molecule is Cc1ccc(/C(O)=C2\C(=O)C(=O)N(c3nc4ccc(Cl)cc4s3)C2c2cccs2)cc1. The monoisotopic (exact) mass is 466 g/mol. The molecule has 0 aliphatic carbocycles. The number of thiophene rings is 1. The Kier molecular flexibility index (Phi) is 4.89. The van der Waals surface area contributed by atoms with Crippen molar-refractivity contribution in [3.63, 3.8) is 0 Å². The van der Waals surface area contributed by atoms with E-state index in [0.29, 0.717) is 21.2 Å². The van der Waals surface area contributed by atoms with Crippen molar-refractivity contribution < 1.29 is 14.7 Å². The highest BCUT2D eigenvalue weighted by molar-refractivity contribution is 7.22. The van der Waals surface area contributed by atoms with Crippen molar-refractivity contribution in [3.8, 4) is 0 Å². The van der Waals surface area contributed by atoms with Crippen LogP contribution < -0.4 is 4.90 Å². The van der Waals surface area contributed by atoms with E-state index in [9.17, 15) is 14.7 Å². The van der Waals surface area contributed by atoms with Gasteiger partial charge in [-0.15, -0.1) is 11.3 Å². The molecule has 4 aromatic rings. The fraction of sp³-hybridized carbons (Fsp3) is 0.0870. The molecule has 1 N–H and O–H groups in total. The van der Waals surface area contributed by atoms with Crippen LogP contribution in [0.5, 0.6) is 0 Å². The highest BCUT2D eigenvalue weighted by Gasteiger charge is 2.48. The highest BCUT2D eigenvalue weighted by Crippen LogP contribution is 2.45. The first-order valence-electron chi connectivity index (χ1n) is 9.41. The topological polar surface area (TPSA) is 70.5 Å². The quantitative estimate of drug-likeness (QED) is 0.230. The van der Waals surface area contributed by atoms with E-state index in [1.807, 2.05) is 36.6 Å². The van der Waals surface area contributed by atoms with E-state index in [0.717, 1.165) is 15.1 Å². The number of benzene rings is 2. The Morgan fingerprint density at radius 3 is 2.61 bits per heavy atom. The Morgan fingerprint density at radius 1 is 1.13 bits per heavy atom. The Bertz CT molecular complexity index is 1360. The lowest BCUT2D eigenvalue weighted by atomic mass is 9.99. The van der Waals surface area contributed by atoms with Crippen LogP contribution >= 0.6 is 34.3 Å². The number of aliphatic hydroxyl groups excluding tert-OH is 1. The fourth-order valence-electron chi connectivity index (χ4n) is 3.60. The molecule has 2 aromatic carbocycles. The van der Waals surface area contributed by atoms with Gasteiger partial charge in [0.15, 0.2) is 5.13 Å². The minimum absolute atomic E-state index is 0.0635. The highest BCUT2D eigenvalue weighted by atomic mass is 35.5. The van der Waals surface area contributed by atoms with Crippen LogP contribution in [-0.2, 0) is 9.59 Å². The molecule has 1 unspecified atom stereocenters. The minimum atomic E-state index is -0.752. The summed E-state index contributed by atoms with van der Waals surface area (Å²) in [6.07, 6.45) is 0. The molecule has 5 rings (SSSR count). The number of carbonyl (C=O) groups is 2. The lowest BCUT2D eigenvalue weighted by Gasteiger charge is -2.21. The second-order valence-corrected chi connectivity index (χ2v) is 9.58. The van der Waals surface area contributed by atoms with Crippen LogP contribution in [0, 0.1) is 6.92 Å². The molecule has 1 aliphatic rings. The van der Waals surface area contributed by atoms with Crippen LogP contribution in [0.15, 0.2) is 65.6 Å². The summed E-state index contributed by atoms with van der Waals surface area (Å²) < 4.78 is 0.813. The lowest BCUT2D eigenvalue weighted by Crippen LogP contribution is -2.28. The number of thiazole rings is 1. The summed E-state index contributed by atoms with van der Waals surface area (Å²) in [5.74, 6) is -1.63. The van der Waals surface area contributed by atoms with Gasteiger partial charge in [-0.05, 0) is 36.6 Å². The zero-order valence-corrected chi connectivity index (χ0v) is 18.6. The summed E-state index contributed by atoms with van der Waals surface area (Å²) >= 11 is 8.80. The number of aliphatic hydroxyl groups is 1. The van der Waals surface area contributed by atoms with E-state index in [1.165, 1.54) is 27.6 Å². The van der Waals surface area contributed by atoms with Crippen molar-refractivity contribution in [3.05, 3.63) is 86.6 Å². The maximum Gasteiger partial charge on any atom is 0.301 e. The molecule has 2 aromatic heterocycles. The average molecular weight is 467 g/mol. The number of aryl methyl sites for hydroxylation is 1. The van der Waals surface area contributed by atoms with Gasteiger partial charge in [-0.25, -0.2) is 4.98 Å². The van der Waals surface area contributed by atoms with E-state index in [1.54, 1.807) is 30.3 Å². The van der Waals surface area contributed by atoms with Crippen LogP contribution in [0.3, 0.4) is 0 Å². The molecular weight excluding hydrogens is 452 g/mol. The minimum Gasteiger partial charge on any atom is -0.507 e. The number of ketones is 1. The smallest absolute Gasteiger partial charge is 0.301 e. The van der Waals surface area contributed by atoms with Crippen molar-refractivity contribution in [2.75, 3.05) is 4.90 Å². The maximum absolute atomic E-state index is 13.1. The first kappa shape index (κ1) is 19.9. The Hall–Kier alpha value is -3.00. The molecule has 0 bridgehead atoms. The summed E-state index contributed by atoms with van der Waals surface area (Å²) in [5.41, 5.74) is 2.27. The number of aromatic nitrogens is 1. The molecule has 31 heavy (non-hydrogen) atoms. The summed E-state index contributed by atoms with van der Waals surface area (Å²) in [6.45, 7) is 1.94. The molecule has 0 spiro atoms. The molecule has 1 aliphatic heterocycles. The van der Waals surface area contributed by atoms with Gasteiger partial charge in [0.2, 0.25) is 0 Å². The second-order valence-electron chi connectivity index (χ2n) is 7.16. The van der Waals surface area contributed by atoms with Gasteiger partial charge >= 0.3 is 5.91 Å². The third-order valence-electron chi connectivity index (χ3n) is 5.13. The van der Waals surface area contributed by atoms with E-state index < -0.39 is 17.7 Å². The van der Waals surface area contributed by atoms with Gasteiger partial charge in [0.25, 0.3) is 5.78 Å². The van der Waals surface area contributed by atoms with Gasteiger partial charge in [-0.1, -0.05) is 58.8 Å². The summed E-state index contributed by atoms with van der Waals surface area (Å²) in [6, 6.07) is 15.4. The number of amides is 1. The Balaban J connectivity index is 1.71. The molecule has 1 fully saturated rings. The maximum atomic E-state index is 13.1. The third-order valence-corrected chi connectivity index (χ3v) is 7.30. The molecule has 1 atom stereocenters. The number of nitrogens with zero attached hydrogens (tertiary/aromatic N) is 2. The number of carbonyl (C=O) groups excluding carboxylic acids is 2. The number of anilines is 1. The number of Topliss-reactive ketones (excluding diaryl/α,β-unsaturated/α-hetero) is 1. The zero-order chi connectivity index (χ0) is 21.7. The van der Waals surface area contributed by atoms with Crippen molar-refractivity contribution >= 4 is 67.1 Å². The molecule has 3 heterocycles. The standard InChI is InChI=1S/C23H15ClN2O3S2/c1-12-4-6-13(7-5-12)20(27)18-19(16-3-2-10-30-16)26(22(29)21(18)28)23-25-15-9-8-14(24)11-17(15)31-23/h2-11,19,27H,1H3/b20-18+. The van der Waals surface area contributed by atoms with Gasteiger partial charge in [0.1, 0.15) is 11.8 Å². The third kappa shape index (κ3) is 3.35. The molecule has 1 amide bonds. The first-order chi connectivity index (χ1) is 14.9. The van der Waals surface area contributed by atoms with Crippen molar-refractivity contribution in [2.24, 2.45) is 0 Å². The predicted molar refractivity (Wildman–Crippen MR) is 125 cm³/mol. The van der Waals surface area contributed by atoms with Gasteiger partial charge < -0.3 is 5.11 Å². The molecule has 0 saturated carbocycles. The summed E-state index contributed by atoms with van der Waals surface area (Å²) in [4.78, 5) is 33.0. The van der Waals surface area contributed by atoms with E-state index in [2.05, 4.69) is 4.98 Å². The zero-order valence-electron chi connectivity index (χ0n) is 16.2. The predicted octanol–water partition coefficient (Wildman–Crippen LogP) is 5.95. The number of hydrogen-bond acceptors (Lipinski definition) is 6. The van der Waals surface area contributed by atoms with Crippen LogP contribution in [0.25, 0.3) is 16.0 Å². The number of fused-ring (bicyclic) bond motifs is 1. The molecule has 5 nitrogen and oxygen atoms in total. The molecule has 8 heteroatoms. The molecule has 1 saturated heterocycles. The van der Waals surface area contributed by atoms with E-state index in [-0.39, 0.29) is 11.3 Å². The largest absolute Gasteiger partial charge is 0.507 e. The van der Waals surface area contributed by atoms with E-state index in [4.69, 9.17) is 11.6 Å². The van der Waals surface area contributed by atoms with Crippen LogP contribution in [-0.4, -0.2) is 21.8 Å². The van der Waals surface area contributed by atoms with Crippen molar-refractivity contribution in [2.45, 2.75) is 13.0 Å². The van der Waals surface area contributed by atoms with Gasteiger partial charge in [-0.2, -0.15) is 0 Å². The molecular formula is C23H15ClN2O3S2. The number of halogens is 1. The van der Waals surface area contributed by atoms with Gasteiger partial charge in [0.05, 0.1) is 15.8 Å². The fourth-order valence-corrected chi connectivity index (χ4v) is 5.69. The number of rotatable bonds is 3. The van der Waals surface area contributed by atoms with E-state index >= 15 is 0 Å². The second kappa shape index (κ2) is 7.60. The number of hydrogen-bond donors (Lipinski definition) is 1.